The van der Waals surface area contributed by atoms with Crippen LogP contribution in [-0.2, 0) is 11.2 Å². The van der Waals surface area contributed by atoms with Crippen LogP contribution in [0.2, 0.25) is 0 Å². The van der Waals surface area contributed by atoms with Crippen LogP contribution in [0.5, 0.6) is 0 Å². The Morgan fingerprint density at radius 3 is 2.92 bits per heavy atom. The minimum absolute atomic E-state index is 0.631. The normalized spacial score (nSPS) is 10.3. The van der Waals surface area contributed by atoms with Crippen molar-refractivity contribution in [1.29, 1.82) is 0 Å². The largest absolute Gasteiger partial charge is 0.370 e. The average Bonchev–Trinajstić information content (AvgIpc) is 2.13. The van der Waals surface area contributed by atoms with E-state index in [9.17, 15) is 0 Å². The molecule has 2 nitrogen and oxygen atoms in total. The maximum Gasteiger partial charge on any atom is 0.0961 e. The first-order valence-corrected chi connectivity index (χ1v) is 4.58. The third-order valence-corrected chi connectivity index (χ3v) is 1.92. The van der Waals surface area contributed by atoms with Gasteiger partial charge in [-0.25, -0.2) is 0 Å². The molecule has 0 spiro atoms. The van der Waals surface area contributed by atoms with Gasteiger partial charge in [0.05, 0.1) is 6.73 Å². The zero-order chi connectivity index (χ0) is 9.52. The van der Waals surface area contributed by atoms with Gasteiger partial charge in [0.1, 0.15) is 0 Å². The van der Waals surface area contributed by atoms with Crippen LogP contribution in [-0.4, -0.2) is 20.4 Å². The first-order chi connectivity index (χ1) is 6.33. The molecule has 72 valence electrons. The van der Waals surface area contributed by atoms with Crippen LogP contribution >= 0.6 is 0 Å². The lowest BCUT2D eigenvalue weighted by atomic mass is 10.1. The first-order valence-electron chi connectivity index (χ1n) is 4.58. The standard InChI is InChI=1S/C11H17NO/c1-10-4-3-5-11(8-10)6-7-12-9-13-2/h3-5,8,12H,6-7,9H2,1-2H3. The molecule has 0 aliphatic carbocycles. The Morgan fingerprint density at radius 1 is 1.38 bits per heavy atom. The quantitative estimate of drug-likeness (QED) is 0.549. The lowest BCUT2D eigenvalue weighted by molar-refractivity contribution is 0.176. The molecule has 1 rings (SSSR count). The Kier molecular flexibility index (Phi) is 4.50. The van der Waals surface area contributed by atoms with Gasteiger partial charge in [-0.1, -0.05) is 29.8 Å². The summed E-state index contributed by atoms with van der Waals surface area (Å²) >= 11 is 0. The molecule has 0 atom stereocenters. The lowest BCUT2D eigenvalue weighted by Gasteiger charge is -2.03. The molecule has 0 saturated heterocycles. The van der Waals surface area contributed by atoms with E-state index >= 15 is 0 Å². The van der Waals surface area contributed by atoms with E-state index in [2.05, 4.69) is 36.5 Å². The Labute approximate surface area is 79.9 Å². The van der Waals surface area contributed by atoms with Gasteiger partial charge in [0.2, 0.25) is 0 Å². The van der Waals surface area contributed by atoms with Gasteiger partial charge in [0.15, 0.2) is 0 Å². The summed E-state index contributed by atoms with van der Waals surface area (Å²) in [6.07, 6.45) is 1.06. The van der Waals surface area contributed by atoms with E-state index in [0.29, 0.717) is 6.73 Å². The Balaban J connectivity index is 2.28. The molecule has 0 saturated carbocycles. The van der Waals surface area contributed by atoms with E-state index in [4.69, 9.17) is 4.74 Å². The monoisotopic (exact) mass is 179 g/mol. The molecule has 2 heteroatoms. The zero-order valence-electron chi connectivity index (χ0n) is 8.34. The van der Waals surface area contributed by atoms with Gasteiger partial charge in [-0.3, -0.25) is 5.32 Å². The van der Waals surface area contributed by atoms with E-state index in [-0.39, 0.29) is 0 Å². The molecule has 0 unspecified atom stereocenters. The van der Waals surface area contributed by atoms with Crippen LogP contribution in [0.4, 0.5) is 0 Å². The Hall–Kier alpha value is -0.860. The maximum absolute atomic E-state index is 4.89. The van der Waals surface area contributed by atoms with Crippen LogP contribution in [0.15, 0.2) is 24.3 Å². The molecular weight excluding hydrogens is 162 g/mol. The minimum atomic E-state index is 0.631. The van der Waals surface area contributed by atoms with Crippen molar-refractivity contribution in [3.63, 3.8) is 0 Å². The topological polar surface area (TPSA) is 21.3 Å². The highest BCUT2D eigenvalue weighted by Crippen LogP contribution is 2.03. The highest BCUT2D eigenvalue weighted by Gasteiger charge is 1.92. The van der Waals surface area contributed by atoms with Crippen molar-refractivity contribution in [2.75, 3.05) is 20.4 Å². The van der Waals surface area contributed by atoms with Gasteiger partial charge in [0, 0.05) is 13.7 Å². The van der Waals surface area contributed by atoms with E-state index in [1.54, 1.807) is 7.11 Å². The van der Waals surface area contributed by atoms with E-state index in [0.717, 1.165) is 13.0 Å². The molecule has 0 amide bonds. The molecule has 1 aromatic rings. The fourth-order valence-corrected chi connectivity index (χ4v) is 1.27. The molecule has 1 N–H and O–H groups in total. The lowest BCUT2D eigenvalue weighted by Crippen LogP contribution is -2.19. The second-order valence-corrected chi connectivity index (χ2v) is 3.17. The number of hydrogen-bond donors (Lipinski definition) is 1. The number of methoxy groups -OCH3 is 1. The fraction of sp³-hybridized carbons (Fsp3) is 0.455. The molecule has 0 bridgehead atoms. The third-order valence-electron chi connectivity index (χ3n) is 1.92. The van der Waals surface area contributed by atoms with Crippen LogP contribution in [0.1, 0.15) is 11.1 Å². The van der Waals surface area contributed by atoms with E-state index in [1.807, 2.05) is 0 Å². The predicted octanol–water partition coefficient (Wildman–Crippen LogP) is 1.73. The van der Waals surface area contributed by atoms with Crippen LogP contribution < -0.4 is 5.32 Å². The smallest absolute Gasteiger partial charge is 0.0961 e. The highest BCUT2D eigenvalue weighted by molar-refractivity contribution is 5.22. The number of nitrogens with one attached hydrogen (secondary N) is 1. The van der Waals surface area contributed by atoms with Crippen molar-refractivity contribution in [2.45, 2.75) is 13.3 Å². The molecule has 0 aliphatic rings. The molecule has 0 aromatic heterocycles. The van der Waals surface area contributed by atoms with Crippen LogP contribution in [0.25, 0.3) is 0 Å². The Bertz CT molecular complexity index is 248. The van der Waals surface area contributed by atoms with Crippen LogP contribution in [0.3, 0.4) is 0 Å². The maximum atomic E-state index is 4.89. The van der Waals surface area contributed by atoms with Gasteiger partial charge in [-0.2, -0.15) is 0 Å². The first kappa shape index (κ1) is 10.2. The number of hydrogen-bond acceptors (Lipinski definition) is 2. The molecule has 1 aromatic carbocycles. The molecule has 0 aliphatic heterocycles. The summed E-state index contributed by atoms with van der Waals surface area (Å²) in [6, 6.07) is 8.59. The number of ether oxygens (including phenoxy) is 1. The second-order valence-electron chi connectivity index (χ2n) is 3.17. The van der Waals surface area contributed by atoms with Gasteiger partial charge >= 0.3 is 0 Å². The summed E-state index contributed by atoms with van der Waals surface area (Å²) in [4.78, 5) is 0. The van der Waals surface area contributed by atoms with Crippen molar-refractivity contribution in [3.8, 4) is 0 Å². The third kappa shape index (κ3) is 4.06. The van der Waals surface area contributed by atoms with Gasteiger partial charge < -0.3 is 4.74 Å². The molecule has 13 heavy (non-hydrogen) atoms. The minimum Gasteiger partial charge on any atom is -0.370 e. The van der Waals surface area contributed by atoms with Gasteiger partial charge in [-0.15, -0.1) is 0 Å². The highest BCUT2D eigenvalue weighted by atomic mass is 16.5. The summed E-state index contributed by atoms with van der Waals surface area (Å²) in [6.45, 7) is 3.72. The van der Waals surface area contributed by atoms with Gasteiger partial charge in [0.25, 0.3) is 0 Å². The number of aryl methyl sites for hydroxylation is 1. The van der Waals surface area contributed by atoms with Gasteiger partial charge in [-0.05, 0) is 18.9 Å². The van der Waals surface area contributed by atoms with Crippen molar-refractivity contribution in [2.24, 2.45) is 0 Å². The molecular formula is C11H17NO. The summed E-state index contributed by atoms with van der Waals surface area (Å²) in [5, 5.41) is 3.18. The van der Waals surface area contributed by atoms with E-state index in [1.165, 1.54) is 11.1 Å². The number of rotatable bonds is 5. The summed E-state index contributed by atoms with van der Waals surface area (Å²) < 4.78 is 4.89. The number of benzene rings is 1. The van der Waals surface area contributed by atoms with Crippen molar-refractivity contribution in [3.05, 3.63) is 35.4 Å². The predicted molar refractivity (Wildman–Crippen MR) is 54.8 cm³/mol. The summed E-state index contributed by atoms with van der Waals surface area (Å²) in [5.41, 5.74) is 2.70. The second kappa shape index (κ2) is 5.73. The zero-order valence-corrected chi connectivity index (χ0v) is 8.34. The van der Waals surface area contributed by atoms with Crippen LogP contribution in [0, 0.1) is 6.92 Å². The SMILES string of the molecule is COCNCCc1cccc(C)c1. The van der Waals surface area contributed by atoms with Crippen molar-refractivity contribution in [1.82, 2.24) is 5.32 Å². The van der Waals surface area contributed by atoms with Crippen molar-refractivity contribution < 1.29 is 4.74 Å². The van der Waals surface area contributed by atoms with Crippen molar-refractivity contribution >= 4 is 0 Å². The molecule has 0 fully saturated rings. The molecule has 0 radical (unpaired) electrons. The van der Waals surface area contributed by atoms with E-state index < -0.39 is 0 Å². The Morgan fingerprint density at radius 2 is 2.23 bits per heavy atom. The summed E-state index contributed by atoms with van der Waals surface area (Å²) in [5.74, 6) is 0. The molecule has 0 heterocycles. The fourth-order valence-electron chi connectivity index (χ4n) is 1.27. The average molecular weight is 179 g/mol. The summed E-state index contributed by atoms with van der Waals surface area (Å²) in [7, 11) is 1.69.